The molecule has 2 atom stereocenters. The minimum atomic E-state index is 0.318. The van der Waals surface area contributed by atoms with E-state index in [0.29, 0.717) is 24.2 Å². The van der Waals surface area contributed by atoms with E-state index >= 15 is 0 Å². The van der Waals surface area contributed by atoms with Crippen LogP contribution < -0.4 is 0 Å². The Morgan fingerprint density at radius 2 is 1.68 bits per heavy atom. The van der Waals surface area contributed by atoms with Crippen LogP contribution in [0, 0.1) is 11.8 Å². The number of carbonyl (C=O) groups is 1. The predicted octanol–water partition coefficient (Wildman–Crippen LogP) is 1.24. The Morgan fingerprint density at radius 1 is 1.11 bits per heavy atom. The molecular formula is C15H30N2O2. The monoisotopic (exact) mass is 270 g/mol. The molecule has 1 N–H and O–H groups in total. The van der Waals surface area contributed by atoms with Gasteiger partial charge in [-0.3, -0.25) is 4.79 Å². The summed E-state index contributed by atoms with van der Waals surface area (Å²) in [5.74, 6) is 1.22. The lowest BCUT2D eigenvalue weighted by molar-refractivity contribution is -0.122. The van der Waals surface area contributed by atoms with Crippen molar-refractivity contribution in [1.82, 2.24) is 9.80 Å². The lowest BCUT2D eigenvalue weighted by Crippen LogP contribution is -2.35. The molecule has 2 saturated heterocycles. The van der Waals surface area contributed by atoms with Gasteiger partial charge in [-0.25, -0.2) is 0 Å². The molecule has 0 bridgehead atoms. The molecule has 2 heterocycles. The zero-order chi connectivity index (χ0) is 14.3. The van der Waals surface area contributed by atoms with E-state index in [1.54, 1.807) is 6.92 Å². The number of piperidine rings is 2. The van der Waals surface area contributed by atoms with Crippen molar-refractivity contribution in [2.24, 2.45) is 11.8 Å². The van der Waals surface area contributed by atoms with E-state index in [1.807, 2.05) is 0 Å². The van der Waals surface area contributed by atoms with Crippen molar-refractivity contribution >= 4 is 5.78 Å². The van der Waals surface area contributed by atoms with Gasteiger partial charge in [-0.15, -0.1) is 0 Å². The van der Waals surface area contributed by atoms with Crippen LogP contribution in [0.3, 0.4) is 0 Å². The molecule has 2 aliphatic rings. The molecule has 0 aromatic heterocycles. The number of hydrogen-bond acceptors (Lipinski definition) is 4. The van der Waals surface area contributed by atoms with Gasteiger partial charge in [-0.05, 0) is 65.7 Å². The molecular weight excluding hydrogens is 240 g/mol. The first-order valence-electron chi connectivity index (χ1n) is 7.51. The second kappa shape index (κ2) is 8.67. The minimum absolute atomic E-state index is 0.318. The zero-order valence-corrected chi connectivity index (χ0v) is 12.8. The van der Waals surface area contributed by atoms with Gasteiger partial charge >= 0.3 is 0 Å². The molecule has 0 spiro atoms. The number of nitrogens with zero attached hydrogens (tertiary/aromatic N) is 2. The van der Waals surface area contributed by atoms with Gasteiger partial charge in [0.1, 0.15) is 5.78 Å². The Morgan fingerprint density at radius 3 is 2.05 bits per heavy atom. The fourth-order valence-electron chi connectivity index (χ4n) is 2.92. The van der Waals surface area contributed by atoms with E-state index in [1.165, 1.54) is 25.8 Å². The SMILES string of the molecule is CC(=O)C1CCCN(C)C1.CN1CCCC(CO)C1. The van der Waals surface area contributed by atoms with E-state index in [9.17, 15) is 4.79 Å². The molecule has 112 valence electrons. The Labute approximate surface area is 117 Å². The lowest BCUT2D eigenvalue weighted by atomic mass is 9.95. The van der Waals surface area contributed by atoms with Crippen molar-refractivity contribution in [1.29, 1.82) is 0 Å². The second-order valence-electron chi connectivity index (χ2n) is 6.17. The van der Waals surface area contributed by atoms with Crippen LogP contribution in [0.4, 0.5) is 0 Å². The zero-order valence-electron chi connectivity index (χ0n) is 12.8. The van der Waals surface area contributed by atoms with Crippen LogP contribution >= 0.6 is 0 Å². The third-order valence-electron chi connectivity index (χ3n) is 4.18. The minimum Gasteiger partial charge on any atom is -0.396 e. The molecule has 0 aliphatic carbocycles. The summed E-state index contributed by atoms with van der Waals surface area (Å²) in [4.78, 5) is 15.4. The number of Topliss-reactive ketones (excluding diaryl/α,β-unsaturated/α-hetero) is 1. The van der Waals surface area contributed by atoms with Crippen molar-refractivity contribution in [3.8, 4) is 0 Å². The summed E-state index contributed by atoms with van der Waals surface area (Å²) in [7, 11) is 4.19. The molecule has 0 amide bonds. The quantitative estimate of drug-likeness (QED) is 0.820. The Bertz CT molecular complexity index is 271. The summed E-state index contributed by atoms with van der Waals surface area (Å²) in [6.07, 6.45) is 4.74. The Balaban J connectivity index is 0.000000191. The maximum atomic E-state index is 10.9. The average Bonchev–Trinajstić information content (AvgIpc) is 2.39. The van der Waals surface area contributed by atoms with Gasteiger partial charge in [0.05, 0.1) is 0 Å². The highest BCUT2D eigenvalue weighted by atomic mass is 16.3. The number of aliphatic hydroxyl groups is 1. The normalized spacial score (nSPS) is 29.5. The van der Waals surface area contributed by atoms with Crippen molar-refractivity contribution in [2.75, 3.05) is 46.9 Å². The molecule has 2 unspecified atom stereocenters. The molecule has 0 aromatic rings. The third kappa shape index (κ3) is 6.50. The summed E-state index contributed by atoms with van der Waals surface area (Å²) >= 11 is 0. The van der Waals surface area contributed by atoms with E-state index in [2.05, 4.69) is 23.9 Å². The summed E-state index contributed by atoms with van der Waals surface area (Å²) in [6, 6.07) is 0. The lowest BCUT2D eigenvalue weighted by Gasteiger charge is -2.27. The molecule has 0 radical (unpaired) electrons. The molecule has 19 heavy (non-hydrogen) atoms. The number of carbonyl (C=O) groups excluding carboxylic acids is 1. The highest BCUT2D eigenvalue weighted by molar-refractivity contribution is 5.78. The fourth-order valence-corrected chi connectivity index (χ4v) is 2.92. The molecule has 2 rings (SSSR count). The first-order valence-corrected chi connectivity index (χ1v) is 7.51. The number of ketones is 1. The van der Waals surface area contributed by atoms with Crippen LogP contribution in [0.1, 0.15) is 32.6 Å². The van der Waals surface area contributed by atoms with Crippen LogP contribution in [0.15, 0.2) is 0 Å². The number of aliphatic hydroxyl groups excluding tert-OH is 1. The number of rotatable bonds is 2. The van der Waals surface area contributed by atoms with Crippen LogP contribution in [-0.4, -0.2) is 67.6 Å². The highest BCUT2D eigenvalue weighted by Crippen LogP contribution is 2.15. The Kier molecular flexibility index (Phi) is 7.57. The van der Waals surface area contributed by atoms with Gasteiger partial charge < -0.3 is 14.9 Å². The van der Waals surface area contributed by atoms with Crippen LogP contribution in [0.2, 0.25) is 0 Å². The van der Waals surface area contributed by atoms with Crippen LogP contribution in [0.25, 0.3) is 0 Å². The van der Waals surface area contributed by atoms with E-state index in [4.69, 9.17) is 5.11 Å². The van der Waals surface area contributed by atoms with E-state index < -0.39 is 0 Å². The van der Waals surface area contributed by atoms with E-state index in [-0.39, 0.29) is 0 Å². The van der Waals surface area contributed by atoms with Crippen molar-refractivity contribution in [3.05, 3.63) is 0 Å². The molecule has 0 aromatic carbocycles. The van der Waals surface area contributed by atoms with Crippen molar-refractivity contribution in [3.63, 3.8) is 0 Å². The van der Waals surface area contributed by atoms with Crippen molar-refractivity contribution in [2.45, 2.75) is 32.6 Å². The largest absolute Gasteiger partial charge is 0.396 e. The summed E-state index contributed by atoms with van der Waals surface area (Å²) in [5.41, 5.74) is 0. The maximum absolute atomic E-state index is 10.9. The first kappa shape index (κ1) is 16.6. The molecule has 0 saturated carbocycles. The second-order valence-corrected chi connectivity index (χ2v) is 6.17. The van der Waals surface area contributed by atoms with E-state index in [0.717, 1.165) is 26.1 Å². The van der Waals surface area contributed by atoms with Gasteiger partial charge in [-0.1, -0.05) is 0 Å². The van der Waals surface area contributed by atoms with Gasteiger partial charge in [-0.2, -0.15) is 0 Å². The third-order valence-corrected chi connectivity index (χ3v) is 4.18. The fraction of sp³-hybridized carbons (Fsp3) is 0.933. The first-order chi connectivity index (χ1) is 9.02. The number of hydrogen-bond donors (Lipinski definition) is 1. The summed E-state index contributed by atoms with van der Waals surface area (Å²) < 4.78 is 0. The standard InChI is InChI=1S/C8H15NO.C7H15NO/c1-7(10)8-4-3-5-9(2)6-8;1-8-4-2-3-7(5-8)6-9/h8H,3-6H2,1-2H3;7,9H,2-6H2,1H3. The number of likely N-dealkylation sites (tertiary alicyclic amines) is 2. The smallest absolute Gasteiger partial charge is 0.134 e. The maximum Gasteiger partial charge on any atom is 0.134 e. The molecule has 2 fully saturated rings. The van der Waals surface area contributed by atoms with Gasteiger partial charge in [0.25, 0.3) is 0 Å². The molecule has 4 nitrogen and oxygen atoms in total. The molecule has 4 heteroatoms. The van der Waals surface area contributed by atoms with Crippen LogP contribution in [0.5, 0.6) is 0 Å². The van der Waals surface area contributed by atoms with Crippen LogP contribution in [-0.2, 0) is 4.79 Å². The van der Waals surface area contributed by atoms with Gasteiger partial charge in [0, 0.05) is 25.6 Å². The topological polar surface area (TPSA) is 43.8 Å². The predicted molar refractivity (Wildman–Crippen MR) is 78.2 cm³/mol. The average molecular weight is 270 g/mol. The highest BCUT2D eigenvalue weighted by Gasteiger charge is 2.20. The summed E-state index contributed by atoms with van der Waals surface area (Å²) in [6.45, 7) is 6.47. The van der Waals surface area contributed by atoms with Gasteiger partial charge in [0.2, 0.25) is 0 Å². The Hall–Kier alpha value is -0.450. The summed E-state index contributed by atoms with van der Waals surface area (Å²) in [5, 5.41) is 8.78. The van der Waals surface area contributed by atoms with Gasteiger partial charge in [0.15, 0.2) is 0 Å². The molecule has 2 aliphatic heterocycles. The van der Waals surface area contributed by atoms with Crippen molar-refractivity contribution < 1.29 is 9.90 Å².